The maximum absolute atomic E-state index is 11.3. The molecule has 0 radical (unpaired) electrons. The molecule has 4 heteroatoms. The zero-order valence-corrected chi connectivity index (χ0v) is 11.5. The van der Waals surface area contributed by atoms with E-state index in [1.165, 1.54) is 7.11 Å². The summed E-state index contributed by atoms with van der Waals surface area (Å²) in [5.74, 6) is -0.338. The number of hydrazone groups is 1. The summed E-state index contributed by atoms with van der Waals surface area (Å²) < 4.78 is 4.65. The highest BCUT2D eigenvalue weighted by Gasteiger charge is 2.03. The second-order valence-corrected chi connectivity index (χ2v) is 4.22. The Kier molecular flexibility index (Phi) is 4.50. The van der Waals surface area contributed by atoms with E-state index in [-0.39, 0.29) is 5.97 Å². The van der Waals surface area contributed by atoms with Crippen molar-refractivity contribution in [1.82, 2.24) is 0 Å². The van der Waals surface area contributed by atoms with Gasteiger partial charge in [-0.15, -0.1) is 0 Å². The van der Waals surface area contributed by atoms with E-state index in [1.807, 2.05) is 49.5 Å². The van der Waals surface area contributed by atoms with Crippen LogP contribution < -0.4 is 5.01 Å². The largest absolute Gasteiger partial charge is 0.465 e. The van der Waals surface area contributed by atoms with Crippen molar-refractivity contribution in [2.75, 3.05) is 19.2 Å². The SMILES string of the molecule is COC(=O)c1ccc(/C=N\N(C)c2ccccc2)cc1. The van der Waals surface area contributed by atoms with Crippen molar-refractivity contribution in [2.24, 2.45) is 5.10 Å². The van der Waals surface area contributed by atoms with Crippen LogP contribution in [0.3, 0.4) is 0 Å². The molecule has 0 heterocycles. The molecule has 4 nitrogen and oxygen atoms in total. The zero-order chi connectivity index (χ0) is 14.4. The third-order valence-electron chi connectivity index (χ3n) is 2.84. The number of rotatable bonds is 4. The maximum atomic E-state index is 11.3. The first-order valence-corrected chi connectivity index (χ1v) is 6.22. The Labute approximate surface area is 118 Å². The van der Waals surface area contributed by atoms with Crippen LogP contribution in [0.2, 0.25) is 0 Å². The summed E-state index contributed by atoms with van der Waals surface area (Å²) in [4.78, 5) is 11.3. The van der Waals surface area contributed by atoms with Crippen molar-refractivity contribution in [1.29, 1.82) is 0 Å². The van der Waals surface area contributed by atoms with E-state index in [4.69, 9.17) is 0 Å². The van der Waals surface area contributed by atoms with Crippen LogP contribution in [0, 0.1) is 0 Å². The molecule has 2 aromatic rings. The minimum Gasteiger partial charge on any atom is -0.465 e. The summed E-state index contributed by atoms with van der Waals surface area (Å²) in [6.07, 6.45) is 1.74. The Hall–Kier alpha value is -2.62. The summed E-state index contributed by atoms with van der Waals surface area (Å²) in [5.41, 5.74) is 2.46. The van der Waals surface area contributed by atoms with Crippen molar-refractivity contribution >= 4 is 17.9 Å². The Bertz CT molecular complexity index is 592. The number of carbonyl (C=O) groups is 1. The van der Waals surface area contributed by atoms with Crippen molar-refractivity contribution in [2.45, 2.75) is 0 Å². The molecule has 0 aliphatic heterocycles. The Morgan fingerprint density at radius 3 is 2.35 bits per heavy atom. The predicted octanol–water partition coefficient (Wildman–Crippen LogP) is 2.94. The fourth-order valence-electron chi connectivity index (χ4n) is 1.69. The van der Waals surface area contributed by atoms with Gasteiger partial charge >= 0.3 is 5.97 Å². The molecular formula is C16H16N2O2. The summed E-state index contributed by atoms with van der Waals surface area (Å²) in [7, 11) is 3.25. The van der Waals surface area contributed by atoms with Crippen LogP contribution in [0.15, 0.2) is 59.7 Å². The van der Waals surface area contributed by atoms with Crippen LogP contribution in [0.5, 0.6) is 0 Å². The first kappa shape index (κ1) is 13.8. The lowest BCUT2D eigenvalue weighted by Gasteiger charge is -2.12. The van der Waals surface area contributed by atoms with Gasteiger partial charge in [-0.3, -0.25) is 5.01 Å². The number of para-hydroxylation sites is 1. The van der Waals surface area contributed by atoms with Gasteiger partial charge in [-0.1, -0.05) is 30.3 Å². The molecule has 0 spiro atoms. The molecule has 0 saturated heterocycles. The van der Waals surface area contributed by atoms with Crippen LogP contribution in [0.4, 0.5) is 5.69 Å². The summed E-state index contributed by atoms with van der Waals surface area (Å²) in [6.45, 7) is 0. The fraction of sp³-hybridized carbons (Fsp3) is 0.125. The lowest BCUT2D eigenvalue weighted by molar-refractivity contribution is 0.0601. The second-order valence-electron chi connectivity index (χ2n) is 4.22. The van der Waals surface area contributed by atoms with Gasteiger partial charge < -0.3 is 4.74 Å². The smallest absolute Gasteiger partial charge is 0.337 e. The minimum atomic E-state index is -0.338. The normalized spacial score (nSPS) is 10.5. The van der Waals surface area contributed by atoms with Gasteiger partial charge in [-0.05, 0) is 29.8 Å². The second kappa shape index (κ2) is 6.52. The van der Waals surface area contributed by atoms with Gasteiger partial charge in [0, 0.05) is 7.05 Å². The van der Waals surface area contributed by atoms with Crippen LogP contribution in [0.1, 0.15) is 15.9 Å². The topological polar surface area (TPSA) is 41.9 Å². The molecule has 0 aliphatic rings. The van der Waals surface area contributed by atoms with Gasteiger partial charge in [0.25, 0.3) is 0 Å². The number of hydrogen-bond acceptors (Lipinski definition) is 4. The standard InChI is InChI=1S/C16H16N2O2/c1-18(15-6-4-3-5-7-15)17-12-13-8-10-14(11-9-13)16(19)20-2/h3-12H,1-2H3/b17-12-. The third-order valence-corrected chi connectivity index (χ3v) is 2.84. The highest BCUT2D eigenvalue weighted by atomic mass is 16.5. The number of esters is 1. The third kappa shape index (κ3) is 3.45. The molecule has 0 saturated carbocycles. The molecule has 0 amide bonds. The lowest BCUT2D eigenvalue weighted by Crippen LogP contribution is -2.08. The molecule has 0 atom stereocenters. The number of benzene rings is 2. The molecule has 2 rings (SSSR count). The van der Waals surface area contributed by atoms with E-state index in [0.717, 1.165) is 11.3 Å². The van der Waals surface area contributed by atoms with E-state index >= 15 is 0 Å². The molecule has 0 fully saturated rings. The molecule has 0 aromatic heterocycles. The maximum Gasteiger partial charge on any atom is 0.337 e. The predicted molar refractivity (Wildman–Crippen MR) is 80.2 cm³/mol. The Balaban J connectivity index is 2.06. The van der Waals surface area contributed by atoms with Gasteiger partial charge in [0.05, 0.1) is 24.6 Å². The quantitative estimate of drug-likeness (QED) is 0.486. The van der Waals surface area contributed by atoms with Gasteiger partial charge in [0.15, 0.2) is 0 Å². The van der Waals surface area contributed by atoms with Crippen LogP contribution in [-0.2, 0) is 4.74 Å². The molecule has 20 heavy (non-hydrogen) atoms. The van der Waals surface area contributed by atoms with Gasteiger partial charge in [-0.25, -0.2) is 4.79 Å². The average Bonchev–Trinajstić information content (AvgIpc) is 2.53. The first-order chi connectivity index (χ1) is 9.70. The highest BCUT2D eigenvalue weighted by Crippen LogP contribution is 2.11. The van der Waals surface area contributed by atoms with E-state index < -0.39 is 0 Å². The number of anilines is 1. The fourth-order valence-corrected chi connectivity index (χ4v) is 1.69. The van der Waals surface area contributed by atoms with Crippen molar-refractivity contribution in [3.63, 3.8) is 0 Å². The number of hydrogen-bond donors (Lipinski definition) is 0. The molecule has 0 aliphatic carbocycles. The van der Waals surface area contributed by atoms with E-state index in [1.54, 1.807) is 23.4 Å². The van der Waals surface area contributed by atoms with E-state index in [0.29, 0.717) is 5.56 Å². The highest BCUT2D eigenvalue weighted by molar-refractivity contribution is 5.90. The minimum absolute atomic E-state index is 0.338. The van der Waals surface area contributed by atoms with E-state index in [9.17, 15) is 4.79 Å². The zero-order valence-electron chi connectivity index (χ0n) is 11.5. The summed E-state index contributed by atoms with van der Waals surface area (Å²) in [6, 6.07) is 17.0. The molecule has 0 bridgehead atoms. The van der Waals surface area contributed by atoms with Crippen molar-refractivity contribution in [3.8, 4) is 0 Å². The molecule has 0 N–H and O–H groups in total. The van der Waals surface area contributed by atoms with Gasteiger partial charge in [0.1, 0.15) is 0 Å². The van der Waals surface area contributed by atoms with Crippen molar-refractivity contribution in [3.05, 3.63) is 65.7 Å². The molecule has 2 aromatic carbocycles. The first-order valence-electron chi connectivity index (χ1n) is 6.22. The van der Waals surface area contributed by atoms with Crippen molar-refractivity contribution < 1.29 is 9.53 Å². The van der Waals surface area contributed by atoms with Gasteiger partial charge in [-0.2, -0.15) is 5.10 Å². The monoisotopic (exact) mass is 268 g/mol. The van der Waals surface area contributed by atoms with Crippen LogP contribution in [-0.4, -0.2) is 26.3 Å². The van der Waals surface area contributed by atoms with E-state index in [2.05, 4.69) is 9.84 Å². The molecular weight excluding hydrogens is 252 g/mol. The number of ether oxygens (including phenoxy) is 1. The Morgan fingerprint density at radius 2 is 1.75 bits per heavy atom. The summed E-state index contributed by atoms with van der Waals surface area (Å²) >= 11 is 0. The lowest BCUT2D eigenvalue weighted by atomic mass is 10.1. The molecule has 0 unspecified atom stereocenters. The van der Waals surface area contributed by atoms with Gasteiger partial charge in [0.2, 0.25) is 0 Å². The van der Waals surface area contributed by atoms with Crippen LogP contribution >= 0.6 is 0 Å². The number of carbonyl (C=O) groups excluding carboxylic acids is 1. The molecule has 102 valence electrons. The summed E-state index contributed by atoms with van der Waals surface area (Å²) in [5, 5.41) is 6.14. The Morgan fingerprint density at radius 1 is 1.10 bits per heavy atom. The number of methoxy groups -OCH3 is 1. The average molecular weight is 268 g/mol. The van der Waals surface area contributed by atoms with Crippen LogP contribution in [0.25, 0.3) is 0 Å². The number of nitrogens with zero attached hydrogens (tertiary/aromatic N) is 2.